The van der Waals surface area contributed by atoms with Crippen LogP contribution in [0.25, 0.3) is 0 Å². The summed E-state index contributed by atoms with van der Waals surface area (Å²) in [6.45, 7) is 6.83. The van der Waals surface area contributed by atoms with Gasteiger partial charge in [-0.3, -0.25) is 0 Å². The van der Waals surface area contributed by atoms with Crippen molar-refractivity contribution in [1.29, 1.82) is 0 Å². The maximum atomic E-state index is 5.99. The molecule has 112 valence electrons. The Morgan fingerprint density at radius 1 is 1.45 bits per heavy atom. The van der Waals surface area contributed by atoms with Gasteiger partial charge < -0.3 is 15.4 Å². The molecule has 0 aliphatic carbocycles. The van der Waals surface area contributed by atoms with Crippen molar-refractivity contribution in [1.82, 2.24) is 4.98 Å². The summed E-state index contributed by atoms with van der Waals surface area (Å²) in [4.78, 5) is 6.89. The number of hydrogen-bond acceptors (Lipinski definition) is 4. The van der Waals surface area contributed by atoms with E-state index in [0.29, 0.717) is 12.6 Å². The average molecular weight is 277 g/mol. The van der Waals surface area contributed by atoms with E-state index in [0.717, 1.165) is 43.5 Å². The lowest BCUT2D eigenvalue weighted by molar-refractivity contribution is 0.305. The molecule has 2 N–H and O–H groups in total. The number of piperidine rings is 1. The van der Waals surface area contributed by atoms with E-state index in [-0.39, 0.29) is 0 Å². The molecule has 2 atom stereocenters. The van der Waals surface area contributed by atoms with Crippen molar-refractivity contribution in [3.63, 3.8) is 0 Å². The predicted octanol–water partition coefficient (Wildman–Crippen LogP) is 2.82. The van der Waals surface area contributed by atoms with E-state index in [4.69, 9.17) is 10.5 Å². The molecule has 0 bridgehead atoms. The molecule has 4 nitrogen and oxygen atoms in total. The van der Waals surface area contributed by atoms with Crippen molar-refractivity contribution >= 4 is 5.82 Å². The van der Waals surface area contributed by atoms with Gasteiger partial charge in [0.15, 0.2) is 11.6 Å². The molecule has 0 radical (unpaired) electrons. The maximum absolute atomic E-state index is 5.99. The van der Waals surface area contributed by atoms with Gasteiger partial charge in [-0.1, -0.05) is 20.3 Å². The van der Waals surface area contributed by atoms with Crippen LogP contribution in [0.1, 0.15) is 39.5 Å². The Bertz CT molecular complexity index is 410. The van der Waals surface area contributed by atoms with Gasteiger partial charge in [0, 0.05) is 25.3 Å². The molecule has 0 spiro atoms. The Hall–Kier alpha value is -1.29. The smallest absolute Gasteiger partial charge is 0.171 e. The van der Waals surface area contributed by atoms with E-state index in [1.807, 2.05) is 18.3 Å². The van der Waals surface area contributed by atoms with Gasteiger partial charge in [0.25, 0.3) is 0 Å². The third-order valence-corrected chi connectivity index (χ3v) is 4.16. The molecule has 0 aromatic carbocycles. The van der Waals surface area contributed by atoms with Crippen molar-refractivity contribution < 1.29 is 4.74 Å². The van der Waals surface area contributed by atoms with Crippen molar-refractivity contribution in [2.45, 2.75) is 45.6 Å². The zero-order valence-corrected chi connectivity index (χ0v) is 12.7. The molecule has 1 aliphatic heterocycles. The Balaban J connectivity index is 2.17. The summed E-state index contributed by atoms with van der Waals surface area (Å²) in [5, 5.41) is 0. The molecule has 1 fully saturated rings. The van der Waals surface area contributed by atoms with E-state index in [1.54, 1.807) is 0 Å². The van der Waals surface area contributed by atoms with Crippen LogP contribution >= 0.6 is 0 Å². The largest absolute Gasteiger partial charge is 0.490 e. The van der Waals surface area contributed by atoms with Gasteiger partial charge in [-0.2, -0.15) is 0 Å². The van der Waals surface area contributed by atoms with E-state index < -0.39 is 0 Å². The maximum Gasteiger partial charge on any atom is 0.171 e. The van der Waals surface area contributed by atoms with Gasteiger partial charge in [0.1, 0.15) is 0 Å². The number of nitrogens with two attached hydrogens (primary N) is 1. The first-order valence-electron chi connectivity index (χ1n) is 7.84. The van der Waals surface area contributed by atoms with Gasteiger partial charge in [0.2, 0.25) is 0 Å². The minimum atomic E-state index is 0.382. The summed E-state index contributed by atoms with van der Waals surface area (Å²) in [5.41, 5.74) is 5.99. The molecule has 2 heterocycles. The molecule has 20 heavy (non-hydrogen) atoms. The number of nitrogens with zero attached hydrogens (tertiary/aromatic N) is 2. The number of ether oxygens (including phenoxy) is 1. The Labute approximate surface area is 122 Å². The third-order valence-electron chi connectivity index (χ3n) is 4.16. The average Bonchev–Trinajstić information content (AvgIpc) is 2.52. The molecule has 2 rings (SSSR count). The topological polar surface area (TPSA) is 51.4 Å². The van der Waals surface area contributed by atoms with Gasteiger partial charge in [-0.25, -0.2) is 4.98 Å². The van der Waals surface area contributed by atoms with Crippen molar-refractivity contribution in [2.75, 3.05) is 24.6 Å². The summed E-state index contributed by atoms with van der Waals surface area (Å²) in [7, 11) is 0. The molecular formula is C16H27N3O. The number of anilines is 1. The first-order valence-corrected chi connectivity index (χ1v) is 7.84. The lowest BCUT2D eigenvalue weighted by Crippen LogP contribution is -2.47. The van der Waals surface area contributed by atoms with Gasteiger partial charge in [-0.15, -0.1) is 0 Å². The van der Waals surface area contributed by atoms with Crippen LogP contribution in [0, 0.1) is 5.92 Å². The fraction of sp³-hybridized carbons (Fsp3) is 0.688. The summed E-state index contributed by atoms with van der Waals surface area (Å²) in [6, 6.07) is 4.33. The molecule has 4 heteroatoms. The van der Waals surface area contributed by atoms with Gasteiger partial charge >= 0.3 is 0 Å². The van der Waals surface area contributed by atoms with E-state index >= 15 is 0 Å². The van der Waals surface area contributed by atoms with Crippen LogP contribution in [-0.2, 0) is 0 Å². The molecule has 0 saturated carbocycles. The van der Waals surface area contributed by atoms with Crippen LogP contribution < -0.4 is 15.4 Å². The van der Waals surface area contributed by atoms with Gasteiger partial charge in [0.05, 0.1) is 6.61 Å². The van der Waals surface area contributed by atoms with Crippen LogP contribution in [0.2, 0.25) is 0 Å². The summed E-state index contributed by atoms with van der Waals surface area (Å²) < 4.78 is 5.84. The molecule has 1 saturated heterocycles. The third kappa shape index (κ3) is 3.42. The number of hydrogen-bond donors (Lipinski definition) is 1. The van der Waals surface area contributed by atoms with E-state index in [2.05, 4.69) is 23.7 Å². The van der Waals surface area contributed by atoms with Crippen LogP contribution in [0.5, 0.6) is 5.75 Å². The van der Waals surface area contributed by atoms with Crippen molar-refractivity contribution in [2.24, 2.45) is 11.7 Å². The summed E-state index contributed by atoms with van der Waals surface area (Å²) in [5.74, 6) is 2.65. The summed E-state index contributed by atoms with van der Waals surface area (Å²) in [6.07, 6.45) is 6.47. The van der Waals surface area contributed by atoms with E-state index in [9.17, 15) is 0 Å². The molecule has 1 aromatic rings. The zero-order chi connectivity index (χ0) is 14.4. The predicted molar refractivity (Wildman–Crippen MR) is 83.2 cm³/mol. The van der Waals surface area contributed by atoms with E-state index in [1.165, 1.54) is 12.8 Å². The van der Waals surface area contributed by atoms with Crippen molar-refractivity contribution in [3.8, 4) is 5.75 Å². The quantitative estimate of drug-likeness (QED) is 0.868. The van der Waals surface area contributed by atoms with Crippen LogP contribution in [0.3, 0.4) is 0 Å². The highest BCUT2D eigenvalue weighted by Crippen LogP contribution is 2.33. The fourth-order valence-corrected chi connectivity index (χ4v) is 2.93. The van der Waals surface area contributed by atoms with Gasteiger partial charge in [-0.05, 0) is 37.3 Å². The SMILES string of the molecule is CCCOc1cccnc1N1CCC(CC)CC1CN. The Morgan fingerprint density at radius 3 is 3.00 bits per heavy atom. The first-order chi connectivity index (χ1) is 9.80. The normalized spacial score (nSPS) is 22.9. The highest BCUT2D eigenvalue weighted by atomic mass is 16.5. The molecule has 1 aromatic heterocycles. The molecule has 2 unspecified atom stereocenters. The molecule has 0 amide bonds. The van der Waals surface area contributed by atoms with Crippen molar-refractivity contribution in [3.05, 3.63) is 18.3 Å². The highest BCUT2D eigenvalue weighted by molar-refractivity contribution is 5.53. The van der Waals surface area contributed by atoms with Crippen LogP contribution in [0.15, 0.2) is 18.3 Å². The lowest BCUT2D eigenvalue weighted by Gasteiger charge is -2.40. The second-order valence-electron chi connectivity index (χ2n) is 5.56. The van der Waals surface area contributed by atoms with Crippen LogP contribution in [-0.4, -0.2) is 30.7 Å². The minimum Gasteiger partial charge on any atom is -0.490 e. The Morgan fingerprint density at radius 2 is 2.30 bits per heavy atom. The monoisotopic (exact) mass is 277 g/mol. The zero-order valence-electron chi connectivity index (χ0n) is 12.7. The second kappa shape index (κ2) is 7.48. The number of aromatic nitrogens is 1. The number of rotatable bonds is 6. The second-order valence-corrected chi connectivity index (χ2v) is 5.56. The fourth-order valence-electron chi connectivity index (χ4n) is 2.93. The standard InChI is InChI=1S/C16H27N3O/c1-3-10-20-15-6-5-8-18-16(15)19-9-7-13(4-2)11-14(19)12-17/h5-6,8,13-14H,3-4,7,9-12,17H2,1-2H3. The van der Waals surface area contributed by atoms with Crippen LogP contribution in [0.4, 0.5) is 5.82 Å². The molecule has 1 aliphatic rings. The Kier molecular flexibility index (Phi) is 5.65. The molecular weight excluding hydrogens is 250 g/mol. The minimum absolute atomic E-state index is 0.382. The number of pyridine rings is 1. The highest BCUT2D eigenvalue weighted by Gasteiger charge is 2.29. The first kappa shape index (κ1) is 15.1. The summed E-state index contributed by atoms with van der Waals surface area (Å²) >= 11 is 0. The lowest BCUT2D eigenvalue weighted by atomic mass is 9.89.